The van der Waals surface area contributed by atoms with Crippen LogP contribution in [0.15, 0.2) is 0 Å². The van der Waals surface area contributed by atoms with Crippen molar-refractivity contribution in [2.45, 2.75) is 140 Å². The summed E-state index contributed by atoms with van der Waals surface area (Å²) in [5, 5.41) is 0. The number of rotatable bonds is 13. The summed E-state index contributed by atoms with van der Waals surface area (Å²) in [4.78, 5) is 20.6. The highest BCUT2D eigenvalue weighted by Gasteiger charge is 1.96. The molecule has 0 unspecified atom stereocenters. The molecule has 0 spiro atoms. The zero-order valence-corrected chi connectivity index (χ0v) is 24.3. The molecule has 4 nitrogen and oxygen atoms in total. The second-order valence-corrected chi connectivity index (χ2v) is 8.32. The highest BCUT2D eigenvalue weighted by Crippen LogP contribution is 2.10. The molecule has 0 aliphatic rings. The molecule has 0 radical (unpaired) electrons. The molecule has 4 heteroatoms. The maximum absolute atomic E-state index is 10.3. The predicted molar refractivity (Wildman–Crippen MR) is 143 cm³/mol. The van der Waals surface area contributed by atoms with E-state index in [0.717, 1.165) is 11.8 Å². The molecule has 0 N–H and O–H groups in total. The lowest BCUT2D eigenvalue weighted by molar-refractivity contribution is -0.118. The molecular formula is C28H62O4. The number of hydrogen-bond donors (Lipinski definition) is 0. The average molecular weight is 463 g/mol. The van der Waals surface area contributed by atoms with Gasteiger partial charge in [-0.25, -0.2) is 0 Å². The summed E-state index contributed by atoms with van der Waals surface area (Å²) in [6.07, 6.45) is 12.6. The van der Waals surface area contributed by atoms with Gasteiger partial charge in [-0.1, -0.05) is 107 Å². The van der Waals surface area contributed by atoms with E-state index in [1.807, 2.05) is 0 Å². The number of carbonyl (C=O) groups excluding carboxylic acids is 2. The normalized spacial score (nSPS) is 9.31. The van der Waals surface area contributed by atoms with Crippen LogP contribution in [0.3, 0.4) is 0 Å². The molecule has 0 saturated carbocycles. The van der Waals surface area contributed by atoms with Crippen LogP contribution in [0, 0.1) is 11.8 Å². The first kappa shape index (κ1) is 41.5. The van der Waals surface area contributed by atoms with Gasteiger partial charge in [0.15, 0.2) is 0 Å². The van der Waals surface area contributed by atoms with Crippen molar-refractivity contribution in [1.29, 1.82) is 0 Å². The number of ether oxygens (including phenoxy) is 2. The summed E-state index contributed by atoms with van der Waals surface area (Å²) in [5.74, 6) is 2.25. The average Bonchev–Trinajstić information content (AvgIpc) is 2.77. The van der Waals surface area contributed by atoms with Crippen LogP contribution >= 0.6 is 0 Å². The van der Waals surface area contributed by atoms with Crippen LogP contribution in [0.5, 0.6) is 0 Å². The first-order valence-corrected chi connectivity index (χ1v) is 13.1. The summed E-state index contributed by atoms with van der Waals surface area (Å²) in [6, 6.07) is 0. The monoisotopic (exact) mass is 462 g/mol. The molecule has 0 aromatic rings. The van der Waals surface area contributed by atoms with Gasteiger partial charge in [0.05, 0.1) is 0 Å². The van der Waals surface area contributed by atoms with Crippen molar-refractivity contribution >= 4 is 11.6 Å². The fourth-order valence-corrected chi connectivity index (χ4v) is 2.21. The van der Waals surface area contributed by atoms with Gasteiger partial charge < -0.3 is 19.1 Å². The molecule has 0 saturated heterocycles. The minimum atomic E-state index is 0.163. The molecule has 0 bridgehead atoms. The summed E-state index contributed by atoms with van der Waals surface area (Å²) in [5.41, 5.74) is 0. The van der Waals surface area contributed by atoms with E-state index in [9.17, 15) is 9.59 Å². The Morgan fingerprint density at radius 1 is 0.625 bits per heavy atom. The van der Waals surface area contributed by atoms with Gasteiger partial charge in [0.25, 0.3) is 0 Å². The Morgan fingerprint density at radius 3 is 1.03 bits per heavy atom. The quantitative estimate of drug-likeness (QED) is 0.256. The van der Waals surface area contributed by atoms with Gasteiger partial charge in [-0.2, -0.15) is 0 Å². The van der Waals surface area contributed by atoms with E-state index in [1.165, 1.54) is 51.4 Å². The van der Waals surface area contributed by atoms with Crippen LogP contribution in [-0.2, 0) is 19.1 Å². The van der Waals surface area contributed by atoms with E-state index in [0.29, 0.717) is 26.1 Å². The molecule has 0 amide bonds. The van der Waals surface area contributed by atoms with Crippen molar-refractivity contribution in [3.8, 4) is 0 Å². The minimum Gasteiger partial charge on any atom is -0.359 e. The Balaban J connectivity index is -0.0000000969. The van der Waals surface area contributed by atoms with Gasteiger partial charge in [-0.15, -0.1) is 0 Å². The lowest BCUT2D eigenvalue weighted by Gasteiger charge is -2.05. The first-order chi connectivity index (χ1) is 15.1. The molecule has 0 aliphatic heterocycles. The van der Waals surface area contributed by atoms with Crippen molar-refractivity contribution in [3.05, 3.63) is 0 Å². The lowest BCUT2D eigenvalue weighted by Crippen LogP contribution is -1.93. The number of ketones is 2. The van der Waals surface area contributed by atoms with Crippen molar-refractivity contribution < 1.29 is 19.1 Å². The van der Waals surface area contributed by atoms with Gasteiger partial charge in [-0.05, 0) is 32.1 Å². The Bertz CT molecular complexity index is 292. The van der Waals surface area contributed by atoms with Gasteiger partial charge in [0.2, 0.25) is 0 Å². The lowest BCUT2D eigenvalue weighted by atomic mass is 10.0. The van der Waals surface area contributed by atoms with E-state index in [1.54, 1.807) is 28.1 Å². The second-order valence-electron chi connectivity index (χ2n) is 8.32. The summed E-state index contributed by atoms with van der Waals surface area (Å²) < 4.78 is 8.94. The zero-order chi connectivity index (χ0) is 26.2. The molecule has 0 aromatic carbocycles. The Hall–Kier alpha value is -0.740. The van der Waals surface area contributed by atoms with Gasteiger partial charge in [-0.3, -0.25) is 0 Å². The SMILES string of the molecule is CC(=O)CCCC(C)=O.CCC(C)CC.CCC(CC)CC.CCCCC.COCOC. The Morgan fingerprint density at radius 2 is 0.969 bits per heavy atom. The van der Waals surface area contributed by atoms with Crippen molar-refractivity contribution in [3.63, 3.8) is 0 Å². The molecule has 0 atom stereocenters. The highest BCUT2D eigenvalue weighted by atomic mass is 16.6. The molecule has 198 valence electrons. The van der Waals surface area contributed by atoms with Gasteiger partial charge in [0, 0.05) is 27.1 Å². The van der Waals surface area contributed by atoms with Crippen LogP contribution in [-0.4, -0.2) is 32.6 Å². The highest BCUT2D eigenvalue weighted by molar-refractivity contribution is 5.78. The molecule has 0 aliphatic carbocycles. The number of hydrogen-bond acceptors (Lipinski definition) is 4. The van der Waals surface area contributed by atoms with Crippen molar-refractivity contribution in [2.75, 3.05) is 21.0 Å². The van der Waals surface area contributed by atoms with E-state index in [4.69, 9.17) is 0 Å². The van der Waals surface area contributed by atoms with E-state index < -0.39 is 0 Å². The molecule has 0 aromatic heterocycles. The van der Waals surface area contributed by atoms with Crippen LogP contribution in [0.4, 0.5) is 0 Å². The summed E-state index contributed by atoms with van der Waals surface area (Å²) >= 11 is 0. The molecule has 0 heterocycles. The third kappa shape index (κ3) is 63.0. The van der Waals surface area contributed by atoms with E-state index in [2.05, 4.69) is 64.9 Å². The molecular weight excluding hydrogens is 400 g/mol. The maximum atomic E-state index is 10.3. The van der Waals surface area contributed by atoms with Crippen LogP contribution in [0.1, 0.15) is 140 Å². The van der Waals surface area contributed by atoms with E-state index >= 15 is 0 Å². The van der Waals surface area contributed by atoms with Gasteiger partial charge in [0.1, 0.15) is 18.4 Å². The number of Topliss-reactive ketones (excluding diaryl/α,β-unsaturated/α-hetero) is 2. The molecule has 0 rings (SSSR count). The Labute approximate surface area is 203 Å². The second kappa shape index (κ2) is 40.6. The van der Waals surface area contributed by atoms with Crippen LogP contribution in [0.25, 0.3) is 0 Å². The zero-order valence-electron chi connectivity index (χ0n) is 24.3. The smallest absolute Gasteiger partial charge is 0.145 e. The third-order valence-corrected chi connectivity index (χ3v) is 5.13. The van der Waals surface area contributed by atoms with Gasteiger partial charge >= 0.3 is 0 Å². The molecule has 0 fully saturated rings. The van der Waals surface area contributed by atoms with Crippen LogP contribution in [0.2, 0.25) is 0 Å². The maximum Gasteiger partial charge on any atom is 0.145 e. The summed E-state index contributed by atoms with van der Waals surface area (Å²) in [6.45, 7) is 21.4. The first-order valence-electron chi connectivity index (χ1n) is 13.1. The summed E-state index contributed by atoms with van der Waals surface area (Å²) in [7, 11) is 3.17. The molecule has 32 heavy (non-hydrogen) atoms. The Kier molecular flexibility index (Phi) is 52.7. The standard InChI is InChI=1S/C7H12O2.C7H16.C6H14.C5H12.C3H8O2/c1-6(8)4-3-5-7(2)9;1-4-7(5-2)6-3;1-4-6(3)5-2;1-3-5-4-2;1-4-3-5-2/h3-5H2,1-2H3;7H,4-6H2,1-3H3;6H,4-5H2,1-3H3;3-5H2,1-2H3;3H2,1-2H3. The van der Waals surface area contributed by atoms with Crippen molar-refractivity contribution in [2.24, 2.45) is 11.8 Å². The fraction of sp³-hybridized carbons (Fsp3) is 0.929. The predicted octanol–water partition coefficient (Wildman–Crippen LogP) is 9.04. The topological polar surface area (TPSA) is 52.6 Å². The number of methoxy groups -OCH3 is 2. The largest absolute Gasteiger partial charge is 0.359 e. The van der Waals surface area contributed by atoms with Crippen LogP contribution < -0.4 is 0 Å². The number of carbonyl (C=O) groups is 2. The third-order valence-electron chi connectivity index (χ3n) is 5.13. The van der Waals surface area contributed by atoms with Crippen molar-refractivity contribution in [1.82, 2.24) is 0 Å². The van der Waals surface area contributed by atoms with E-state index in [-0.39, 0.29) is 11.6 Å². The number of unbranched alkanes of at least 4 members (excludes halogenated alkanes) is 2. The fourth-order valence-electron chi connectivity index (χ4n) is 2.21. The minimum absolute atomic E-state index is 0.163.